The van der Waals surface area contributed by atoms with Crippen LogP contribution in [-0.4, -0.2) is 5.71 Å². The molecule has 0 fully saturated rings. The van der Waals surface area contributed by atoms with E-state index in [1.54, 1.807) is 6.92 Å². The highest BCUT2D eigenvalue weighted by Crippen LogP contribution is 2.29. The predicted octanol–water partition coefficient (Wildman–Crippen LogP) is 3.48. The van der Waals surface area contributed by atoms with Gasteiger partial charge in [-0.1, -0.05) is 19.1 Å². The van der Waals surface area contributed by atoms with Crippen molar-refractivity contribution in [1.82, 2.24) is 0 Å². The summed E-state index contributed by atoms with van der Waals surface area (Å²) in [6, 6.07) is 4.85. The summed E-state index contributed by atoms with van der Waals surface area (Å²) in [4.78, 5) is 0. The number of alkyl halides is 3. The van der Waals surface area contributed by atoms with E-state index in [4.69, 9.17) is 5.41 Å². The van der Waals surface area contributed by atoms with E-state index >= 15 is 0 Å². The third-order valence-electron chi connectivity index (χ3n) is 1.89. The molecule has 0 heterocycles. The SMILES string of the molecule is CCC(=N)c1cccc(C(F)(F)F)c1. The molecular formula is C10H10F3N. The third-order valence-corrected chi connectivity index (χ3v) is 1.89. The summed E-state index contributed by atoms with van der Waals surface area (Å²) in [5, 5.41) is 7.41. The molecule has 0 aliphatic heterocycles. The molecule has 0 spiro atoms. The molecule has 0 saturated carbocycles. The molecule has 0 amide bonds. The van der Waals surface area contributed by atoms with Crippen LogP contribution in [0.4, 0.5) is 13.2 Å². The van der Waals surface area contributed by atoms with Crippen LogP contribution in [0.5, 0.6) is 0 Å². The van der Waals surface area contributed by atoms with Crippen LogP contribution in [0.15, 0.2) is 24.3 Å². The topological polar surface area (TPSA) is 23.9 Å². The largest absolute Gasteiger partial charge is 0.416 e. The molecule has 0 unspecified atom stereocenters. The number of benzene rings is 1. The van der Waals surface area contributed by atoms with Gasteiger partial charge in [0.2, 0.25) is 0 Å². The lowest BCUT2D eigenvalue weighted by Gasteiger charge is -2.08. The van der Waals surface area contributed by atoms with Crippen molar-refractivity contribution >= 4 is 5.71 Å². The number of hydrogen-bond donors (Lipinski definition) is 1. The van der Waals surface area contributed by atoms with Gasteiger partial charge in [0.25, 0.3) is 0 Å². The number of hydrogen-bond acceptors (Lipinski definition) is 1. The molecule has 1 N–H and O–H groups in total. The highest BCUT2D eigenvalue weighted by atomic mass is 19.4. The van der Waals surface area contributed by atoms with Crippen LogP contribution < -0.4 is 0 Å². The molecule has 0 bridgehead atoms. The van der Waals surface area contributed by atoms with Crippen LogP contribution in [0.1, 0.15) is 24.5 Å². The molecule has 76 valence electrons. The first-order valence-corrected chi connectivity index (χ1v) is 4.20. The highest BCUT2D eigenvalue weighted by molar-refractivity contribution is 5.98. The molecule has 0 atom stereocenters. The molecule has 0 aromatic heterocycles. The average molecular weight is 201 g/mol. The zero-order valence-electron chi connectivity index (χ0n) is 7.65. The zero-order chi connectivity index (χ0) is 10.8. The van der Waals surface area contributed by atoms with E-state index in [2.05, 4.69) is 0 Å². The molecular weight excluding hydrogens is 191 g/mol. The number of nitrogens with one attached hydrogen (secondary N) is 1. The van der Waals surface area contributed by atoms with Gasteiger partial charge in [-0.2, -0.15) is 13.2 Å². The van der Waals surface area contributed by atoms with E-state index < -0.39 is 11.7 Å². The van der Waals surface area contributed by atoms with Crippen molar-refractivity contribution in [3.63, 3.8) is 0 Å². The first-order valence-electron chi connectivity index (χ1n) is 4.20. The van der Waals surface area contributed by atoms with Crippen LogP contribution in [0.25, 0.3) is 0 Å². The van der Waals surface area contributed by atoms with Gasteiger partial charge in [-0.05, 0) is 24.1 Å². The quantitative estimate of drug-likeness (QED) is 0.708. The van der Waals surface area contributed by atoms with Gasteiger partial charge >= 0.3 is 6.18 Å². The van der Waals surface area contributed by atoms with Crippen LogP contribution in [0, 0.1) is 5.41 Å². The molecule has 0 aliphatic carbocycles. The summed E-state index contributed by atoms with van der Waals surface area (Å²) in [6.45, 7) is 1.74. The minimum Gasteiger partial charge on any atom is -0.305 e. The lowest BCUT2D eigenvalue weighted by molar-refractivity contribution is -0.137. The Morgan fingerprint density at radius 2 is 2.00 bits per heavy atom. The van der Waals surface area contributed by atoms with Crippen molar-refractivity contribution in [3.8, 4) is 0 Å². The summed E-state index contributed by atoms with van der Waals surface area (Å²) >= 11 is 0. The summed E-state index contributed by atoms with van der Waals surface area (Å²) in [6.07, 6.45) is -3.90. The van der Waals surface area contributed by atoms with Crippen molar-refractivity contribution < 1.29 is 13.2 Å². The van der Waals surface area contributed by atoms with E-state index in [0.29, 0.717) is 12.0 Å². The molecule has 1 aromatic carbocycles. The van der Waals surface area contributed by atoms with Gasteiger partial charge in [0, 0.05) is 5.71 Å². The van der Waals surface area contributed by atoms with E-state index in [1.807, 2.05) is 0 Å². The van der Waals surface area contributed by atoms with Gasteiger partial charge < -0.3 is 5.41 Å². The van der Waals surface area contributed by atoms with Crippen LogP contribution in [0.3, 0.4) is 0 Å². The fourth-order valence-electron chi connectivity index (χ4n) is 1.09. The maximum atomic E-state index is 12.3. The Bertz CT molecular complexity index is 341. The second-order valence-corrected chi connectivity index (χ2v) is 2.91. The second-order valence-electron chi connectivity index (χ2n) is 2.91. The fraction of sp³-hybridized carbons (Fsp3) is 0.300. The monoisotopic (exact) mass is 201 g/mol. The first-order chi connectivity index (χ1) is 6.45. The van der Waals surface area contributed by atoms with Crippen molar-refractivity contribution in [3.05, 3.63) is 35.4 Å². The summed E-state index contributed by atoms with van der Waals surface area (Å²) in [7, 11) is 0. The van der Waals surface area contributed by atoms with Crippen molar-refractivity contribution in [2.45, 2.75) is 19.5 Å². The van der Waals surface area contributed by atoms with Crippen molar-refractivity contribution in [2.75, 3.05) is 0 Å². The summed E-state index contributed by atoms with van der Waals surface area (Å²) < 4.78 is 36.8. The smallest absolute Gasteiger partial charge is 0.305 e. The van der Waals surface area contributed by atoms with Crippen LogP contribution in [-0.2, 0) is 6.18 Å². The Balaban J connectivity index is 3.08. The van der Waals surface area contributed by atoms with Crippen molar-refractivity contribution in [1.29, 1.82) is 5.41 Å². The molecule has 1 aromatic rings. The fourth-order valence-corrected chi connectivity index (χ4v) is 1.09. The minimum atomic E-state index is -4.33. The van der Waals surface area contributed by atoms with Gasteiger partial charge in [0.1, 0.15) is 0 Å². The van der Waals surface area contributed by atoms with E-state index in [9.17, 15) is 13.2 Å². The Labute approximate surface area is 80.1 Å². The summed E-state index contributed by atoms with van der Waals surface area (Å²) in [5.74, 6) is 0. The standard InChI is InChI=1S/C10H10F3N/c1-2-9(14)7-4-3-5-8(6-7)10(11,12)13/h3-6,14H,2H2,1H3. The van der Waals surface area contributed by atoms with Crippen molar-refractivity contribution in [2.24, 2.45) is 0 Å². The molecule has 1 nitrogen and oxygen atoms in total. The normalized spacial score (nSPS) is 11.4. The minimum absolute atomic E-state index is 0.219. The maximum absolute atomic E-state index is 12.3. The summed E-state index contributed by atoms with van der Waals surface area (Å²) in [5.41, 5.74) is -0.147. The van der Waals surface area contributed by atoms with Crippen LogP contribution in [0.2, 0.25) is 0 Å². The molecule has 0 saturated heterocycles. The van der Waals surface area contributed by atoms with Gasteiger partial charge in [-0.25, -0.2) is 0 Å². The molecule has 4 heteroatoms. The van der Waals surface area contributed by atoms with Crippen LogP contribution >= 0.6 is 0 Å². The Hall–Kier alpha value is -1.32. The lowest BCUT2D eigenvalue weighted by atomic mass is 10.1. The van der Waals surface area contributed by atoms with E-state index in [1.165, 1.54) is 12.1 Å². The van der Waals surface area contributed by atoms with E-state index in [-0.39, 0.29) is 5.71 Å². The average Bonchev–Trinajstić information content (AvgIpc) is 2.15. The van der Waals surface area contributed by atoms with Gasteiger partial charge in [-0.3, -0.25) is 0 Å². The highest BCUT2D eigenvalue weighted by Gasteiger charge is 2.30. The Morgan fingerprint density at radius 1 is 1.36 bits per heavy atom. The maximum Gasteiger partial charge on any atom is 0.416 e. The molecule has 14 heavy (non-hydrogen) atoms. The predicted molar refractivity (Wildman–Crippen MR) is 48.6 cm³/mol. The number of halogens is 3. The second kappa shape index (κ2) is 3.82. The Morgan fingerprint density at radius 3 is 2.50 bits per heavy atom. The molecule has 0 aliphatic rings. The molecule has 0 radical (unpaired) electrons. The third kappa shape index (κ3) is 2.34. The first kappa shape index (κ1) is 10.8. The molecule has 1 rings (SSSR count). The zero-order valence-corrected chi connectivity index (χ0v) is 7.65. The van der Waals surface area contributed by atoms with Gasteiger partial charge in [-0.15, -0.1) is 0 Å². The number of rotatable bonds is 2. The van der Waals surface area contributed by atoms with E-state index in [0.717, 1.165) is 12.1 Å². The Kier molecular flexibility index (Phi) is 2.93. The lowest BCUT2D eigenvalue weighted by Crippen LogP contribution is -2.06. The van der Waals surface area contributed by atoms with Gasteiger partial charge in [0.15, 0.2) is 0 Å². The van der Waals surface area contributed by atoms with Gasteiger partial charge in [0.05, 0.1) is 5.56 Å².